The minimum absolute atomic E-state index is 0.421. The van der Waals surface area contributed by atoms with Gasteiger partial charge in [-0.1, -0.05) is 12.2 Å². The highest BCUT2D eigenvalue weighted by atomic mass is 16.5. The van der Waals surface area contributed by atoms with Gasteiger partial charge in [-0.25, -0.2) is 0 Å². The second kappa shape index (κ2) is 7.64. The zero-order chi connectivity index (χ0) is 15.9. The fraction of sp³-hybridized carbons (Fsp3) is 0.412. The lowest BCUT2D eigenvalue weighted by Crippen LogP contribution is -2.38. The van der Waals surface area contributed by atoms with Crippen molar-refractivity contribution in [1.29, 1.82) is 0 Å². The van der Waals surface area contributed by atoms with Crippen LogP contribution in [0.4, 0.5) is 5.69 Å². The molecule has 0 fully saturated rings. The number of anilines is 1. The van der Waals surface area contributed by atoms with Crippen molar-refractivity contribution in [2.24, 2.45) is 5.92 Å². The van der Waals surface area contributed by atoms with E-state index in [-0.39, 0.29) is 0 Å². The summed E-state index contributed by atoms with van der Waals surface area (Å²) in [6.07, 6.45) is 7.33. The van der Waals surface area contributed by atoms with Crippen LogP contribution in [0.25, 0.3) is 0 Å². The molecule has 0 radical (unpaired) electrons. The van der Waals surface area contributed by atoms with Gasteiger partial charge in [0.2, 0.25) is 0 Å². The van der Waals surface area contributed by atoms with Gasteiger partial charge in [0.15, 0.2) is 0 Å². The predicted molar refractivity (Wildman–Crippen MR) is 85.9 cm³/mol. The number of benzene rings is 1. The lowest BCUT2D eigenvalue weighted by molar-refractivity contribution is -0.136. The van der Waals surface area contributed by atoms with Crippen molar-refractivity contribution in [2.45, 2.75) is 26.2 Å². The molecule has 0 bridgehead atoms. The van der Waals surface area contributed by atoms with Crippen LogP contribution in [-0.2, 0) is 9.59 Å². The van der Waals surface area contributed by atoms with Crippen molar-refractivity contribution in [2.75, 3.05) is 19.0 Å². The number of ether oxygens (including phenoxy) is 1. The highest BCUT2D eigenvalue weighted by Crippen LogP contribution is 2.21. The molecule has 2 amide bonds. The van der Waals surface area contributed by atoms with Gasteiger partial charge in [0.05, 0.1) is 7.11 Å². The number of amides is 2. The van der Waals surface area contributed by atoms with Crippen molar-refractivity contribution < 1.29 is 14.3 Å². The zero-order valence-electron chi connectivity index (χ0n) is 13.0. The number of rotatable bonds is 4. The monoisotopic (exact) mass is 302 g/mol. The average molecular weight is 302 g/mol. The van der Waals surface area contributed by atoms with E-state index in [2.05, 4.69) is 22.8 Å². The van der Waals surface area contributed by atoms with E-state index in [0.717, 1.165) is 24.8 Å². The Balaban J connectivity index is 1.85. The second-order valence-corrected chi connectivity index (χ2v) is 5.50. The second-order valence-electron chi connectivity index (χ2n) is 5.50. The van der Waals surface area contributed by atoms with Crippen LogP contribution >= 0.6 is 0 Å². The molecule has 22 heavy (non-hydrogen) atoms. The molecule has 1 aromatic carbocycles. The molecular weight excluding hydrogens is 280 g/mol. The molecule has 1 aromatic rings. The number of allylic oxidation sites excluding steroid dienone is 2. The SMILES string of the molecule is COc1ccc(NC(=O)C(=O)NC[C@H]2CC=CCC2)c(C)c1. The van der Waals surface area contributed by atoms with Crippen molar-refractivity contribution in [3.63, 3.8) is 0 Å². The van der Waals surface area contributed by atoms with Crippen LogP contribution in [0, 0.1) is 12.8 Å². The minimum Gasteiger partial charge on any atom is -0.497 e. The molecule has 0 unspecified atom stereocenters. The molecule has 0 saturated carbocycles. The molecule has 0 spiro atoms. The summed E-state index contributed by atoms with van der Waals surface area (Å²) in [5, 5.41) is 5.33. The molecule has 5 heteroatoms. The zero-order valence-corrected chi connectivity index (χ0v) is 13.0. The Bertz CT molecular complexity index is 581. The van der Waals surface area contributed by atoms with Crippen LogP contribution < -0.4 is 15.4 Å². The Hall–Kier alpha value is -2.30. The fourth-order valence-electron chi connectivity index (χ4n) is 2.44. The largest absolute Gasteiger partial charge is 0.497 e. The molecule has 2 N–H and O–H groups in total. The van der Waals surface area contributed by atoms with E-state index < -0.39 is 11.8 Å². The third kappa shape index (κ3) is 4.35. The summed E-state index contributed by atoms with van der Waals surface area (Å²) in [5.41, 5.74) is 1.46. The van der Waals surface area contributed by atoms with Gasteiger partial charge in [0, 0.05) is 12.2 Å². The quantitative estimate of drug-likeness (QED) is 0.663. The Morgan fingerprint density at radius 3 is 2.73 bits per heavy atom. The number of hydrogen-bond acceptors (Lipinski definition) is 3. The predicted octanol–water partition coefficient (Wildman–Crippen LogP) is 2.41. The molecule has 0 aliphatic heterocycles. The number of nitrogens with one attached hydrogen (secondary N) is 2. The van der Waals surface area contributed by atoms with Crippen molar-refractivity contribution in [1.82, 2.24) is 5.32 Å². The number of hydrogen-bond donors (Lipinski definition) is 2. The van der Waals surface area contributed by atoms with Gasteiger partial charge in [-0.2, -0.15) is 0 Å². The Labute approximate surface area is 130 Å². The van der Waals surface area contributed by atoms with Crippen LogP contribution in [0.2, 0.25) is 0 Å². The van der Waals surface area contributed by atoms with E-state index in [1.165, 1.54) is 0 Å². The van der Waals surface area contributed by atoms with Crippen LogP contribution in [0.1, 0.15) is 24.8 Å². The maximum absolute atomic E-state index is 11.9. The van der Waals surface area contributed by atoms with E-state index in [1.54, 1.807) is 19.2 Å². The number of carbonyl (C=O) groups excluding carboxylic acids is 2. The fourth-order valence-corrected chi connectivity index (χ4v) is 2.44. The van der Waals surface area contributed by atoms with Gasteiger partial charge in [-0.3, -0.25) is 9.59 Å². The third-order valence-corrected chi connectivity index (χ3v) is 3.82. The summed E-state index contributed by atoms with van der Waals surface area (Å²) >= 11 is 0. The van der Waals surface area contributed by atoms with Crippen LogP contribution in [0.15, 0.2) is 30.4 Å². The maximum Gasteiger partial charge on any atom is 0.313 e. The average Bonchev–Trinajstić information content (AvgIpc) is 2.55. The summed E-state index contributed by atoms with van der Waals surface area (Å²) in [6, 6.07) is 5.28. The highest BCUT2D eigenvalue weighted by Gasteiger charge is 2.17. The molecule has 0 saturated heterocycles. The summed E-state index contributed by atoms with van der Waals surface area (Å²) in [7, 11) is 1.58. The summed E-state index contributed by atoms with van der Waals surface area (Å²) in [6.45, 7) is 2.39. The lowest BCUT2D eigenvalue weighted by atomic mass is 9.94. The molecule has 1 aliphatic carbocycles. The first-order chi connectivity index (χ1) is 10.6. The van der Waals surface area contributed by atoms with E-state index in [4.69, 9.17) is 4.74 Å². The van der Waals surface area contributed by atoms with E-state index >= 15 is 0 Å². The van der Waals surface area contributed by atoms with Gasteiger partial charge < -0.3 is 15.4 Å². The number of aryl methyl sites for hydroxylation is 1. The molecule has 118 valence electrons. The van der Waals surface area contributed by atoms with Gasteiger partial charge in [-0.05, 0) is 55.9 Å². The molecule has 2 rings (SSSR count). The Morgan fingerprint density at radius 1 is 1.27 bits per heavy atom. The third-order valence-electron chi connectivity index (χ3n) is 3.82. The highest BCUT2D eigenvalue weighted by molar-refractivity contribution is 6.39. The van der Waals surface area contributed by atoms with Gasteiger partial charge in [0.25, 0.3) is 0 Å². The normalized spacial score (nSPS) is 16.9. The first-order valence-electron chi connectivity index (χ1n) is 7.49. The number of methoxy groups -OCH3 is 1. The van der Waals surface area contributed by atoms with Crippen molar-refractivity contribution >= 4 is 17.5 Å². The summed E-state index contributed by atoms with van der Waals surface area (Å²) in [4.78, 5) is 23.8. The van der Waals surface area contributed by atoms with E-state index in [9.17, 15) is 9.59 Å². The van der Waals surface area contributed by atoms with Crippen LogP contribution in [-0.4, -0.2) is 25.5 Å². The van der Waals surface area contributed by atoms with Gasteiger partial charge in [0.1, 0.15) is 5.75 Å². The molecule has 5 nitrogen and oxygen atoms in total. The topological polar surface area (TPSA) is 67.4 Å². The lowest BCUT2D eigenvalue weighted by Gasteiger charge is -2.18. The smallest absolute Gasteiger partial charge is 0.313 e. The molecule has 1 aliphatic rings. The van der Waals surface area contributed by atoms with Crippen LogP contribution in [0.3, 0.4) is 0 Å². The van der Waals surface area contributed by atoms with Gasteiger partial charge >= 0.3 is 11.8 Å². The summed E-state index contributed by atoms with van der Waals surface area (Å²) < 4.78 is 5.11. The Kier molecular flexibility index (Phi) is 5.58. The van der Waals surface area contributed by atoms with E-state index in [0.29, 0.717) is 23.9 Å². The first-order valence-corrected chi connectivity index (χ1v) is 7.49. The van der Waals surface area contributed by atoms with Crippen LogP contribution in [0.5, 0.6) is 5.75 Å². The molecular formula is C17H22N2O3. The Morgan fingerprint density at radius 2 is 2.09 bits per heavy atom. The van der Waals surface area contributed by atoms with Gasteiger partial charge in [-0.15, -0.1) is 0 Å². The van der Waals surface area contributed by atoms with E-state index in [1.807, 2.05) is 13.0 Å². The van der Waals surface area contributed by atoms with Crippen molar-refractivity contribution in [3.05, 3.63) is 35.9 Å². The molecule has 0 aromatic heterocycles. The molecule has 0 heterocycles. The maximum atomic E-state index is 11.9. The minimum atomic E-state index is -0.639. The van der Waals surface area contributed by atoms with Crippen molar-refractivity contribution in [3.8, 4) is 5.75 Å². The molecule has 1 atom stereocenters. The summed E-state index contributed by atoms with van der Waals surface area (Å²) in [5.74, 6) is -0.0980. The number of carbonyl (C=O) groups is 2. The standard InChI is InChI=1S/C17H22N2O3/c1-12-10-14(22-2)8-9-15(12)19-17(21)16(20)18-11-13-6-4-3-5-7-13/h3-4,8-10,13H,5-7,11H2,1-2H3,(H,18,20)(H,19,21)/t13-/m0/s1. The first kappa shape index (κ1) is 16.1.